The molecule has 0 aliphatic carbocycles. The lowest BCUT2D eigenvalue weighted by Crippen LogP contribution is -2.10. The van der Waals surface area contributed by atoms with Crippen molar-refractivity contribution >= 4 is 17.0 Å². The highest BCUT2D eigenvalue weighted by Crippen LogP contribution is 2.30. The molecule has 0 aliphatic heterocycles. The van der Waals surface area contributed by atoms with Crippen LogP contribution in [0.5, 0.6) is 0 Å². The van der Waals surface area contributed by atoms with Gasteiger partial charge in [0.1, 0.15) is 11.4 Å². The van der Waals surface area contributed by atoms with Gasteiger partial charge >= 0.3 is 12.1 Å². The van der Waals surface area contributed by atoms with Gasteiger partial charge in [0.25, 0.3) is 0 Å². The van der Waals surface area contributed by atoms with E-state index in [2.05, 4.69) is 4.98 Å². The summed E-state index contributed by atoms with van der Waals surface area (Å²) in [6.45, 7) is 0.235. The van der Waals surface area contributed by atoms with Gasteiger partial charge in [-0.2, -0.15) is 13.2 Å². The van der Waals surface area contributed by atoms with Gasteiger partial charge in [0, 0.05) is 6.54 Å². The van der Waals surface area contributed by atoms with Gasteiger partial charge in [-0.15, -0.1) is 0 Å². The SMILES string of the molecule is O=C(O)c1cc2nc(C(F)(F)F)ccc2n1Cc1ccccc1. The van der Waals surface area contributed by atoms with Crippen LogP contribution in [0.2, 0.25) is 0 Å². The fourth-order valence-electron chi connectivity index (χ4n) is 2.41. The van der Waals surface area contributed by atoms with E-state index in [1.807, 2.05) is 30.3 Å². The standard InChI is InChI=1S/C16H11F3N2O2/c17-16(18,19)14-7-6-12-11(20-14)8-13(15(22)23)21(12)9-10-4-2-1-3-5-10/h1-8H,9H2,(H,22,23). The molecule has 0 bridgehead atoms. The number of carboxylic acid groups (broad SMARTS) is 1. The number of benzene rings is 1. The Bertz CT molecular complexity index is 870. The van der Waals surface area contributed by atoms with Crippen LogP contribution in [0, 0.1) is 0 Å². The summed E-state index contributed by atoms with van der Waals surface area (Å²) < 4.78 is 39.7. The van der Waals surface area contributed by atoms with Crippen molar-refractivity contribution in [3.8, 4) is 0 Å². The van der Waals surface area contributed by atoms with Crippen LogP contribution < -0.4 is 0 Å². The molecule has 118 valence electrons. The lowest BCUT2D eigenvalue weighted by molar-refractivity contribution is -0.140. The molecule has 0 saturated carbocycles. The number of carbonyl (C=O) groups is 1. The molecule has 2 aromatic heterocycles. The number of fused-ring (bicyclic) bond motifs is 1. The van der Waals surface area contributed by atoms with Gasteiger partial charge in [-0.1, -0.05) is 30.3 Å². The summed E-state index contributed by atoms with van der Waals surface area (Å²) in [4.78, 5) is 14.9. The maximum Gasteiger partial charge on any atom is 0.433 e. The van der Waals surface area contributed by atoms with Gasteiger partial charge < -0.3 is 9.67 Å². The summed E-state index contributed by atoms with van der Waals surface area (Å²) in [5, 5.41) is 9.30. The monoisotopic (exact) mass is 320 g/mol. The number of carboxylic acids is 1. The zero-order valence-corrected chi connectivity index (χ0v) is 11.7. The van der Waals surface area contributed by atoms with Gasteiger partial charge in [-0.25, -0.2) is 9.78 Å². The third-order valence-corrected chi connectivity index (χ3v) is 3.45. The molecule has 0 radical (unpaired) electrons. The Labute approximate surface area is 128 Å². The number of halogens is 3. The maximum absolute atomic E-state index is 12.7. The normalized spacial score (nSPS) is 11.8. The Morgan fingerprint density at radius 1 is 1.13 bits per heavy atom. The van der Waals surface area contributed by atoms with Crippen LogP contribution >= 0.6 is 0 Å². The smallest absolute Gasteiger partial charge is 0.433 e. The number of aromatic nitrogens is 2. The summed E-state index contributed by atoms with van der Waals surface area (Å²) in [5.74, 6) is -1.22. The van der Waals surface area contributed by atoms with Crippen LogP contribution in [-0.2, 0) is 12.7 Å². The number of alkyl halides is 3. The van der Waals surface area contributed by atoms with E-state index in [0.29, 0.717) is 5.52 Å². The second kappa shape index (κ2) is 5.42. The largest absolute Gasteiger partial charge is 0.477 e. The second-order valence-corrected chi connectivity index (χ2v) is 5.01. The van der Waals surface area contributed by atoms with E-state index in [9.17, 15) is 23.1 Å². The minimum Gasteiger partial charge on any atom is -0.477 e. The molecule has 0 saturated heterocycles. The number of hydrogen-bond donors (Lipinski definition) is 1. The first-order chi connectivity index (χ1) is 10.9. The molecule has 23 heavy (non-hydrogen) atoms. The Morgan fingerprint density at radius 2 is 1.83 bits per heavy atom. The molecular formula is C16H11F3N2O2. The molecule has 0 amide bonds. The second-order valence-electron chi connectivity index (χ2n) is 5.01. The molecule has 7 heteroatoms. The van der Waals surface area contributed by atoms with Crippen molar-refractivity contribution in [1.82, 2.24) is 9.55 Å². The van der Waals surface area contributed by atoms with Crippen molar-refractivity contribution in [2.24, 2.45) is 0 Å². The summed E-state index contributed by atoms with van der Waals surface area (Å²) in [5.41, 5.74) is 0.0503. The van der Waals surface area contributed by atoms with Gasteiger partial charge in [-0.05, 0) is 23.8 Å². The lowest BCUT2D eigenvalue weighted by Gasteiger charge is -2.09. The van der Waals surface area contributed by atoms with Gasteiger partial charge in [0.2, 0.25) is 0 Å². The number of rotatable bonds is 3. The Kier molecular flexibility index (Phi) is 3.55. The fourth-order valence-corrected chi connectivity index (χ4v) is 2.41. The van der Waals surface area contributed by atoms with Crippen molar-refractivity contribution < 1.29 is 23.1 Å². The molecule has 0 unspecified atom stereocenters. The van der Waals surface area contributed by atoms with Crippen molar-refractivity contribution in [3.05, 3.63) is 65.5 Å². The van der Waals surface area contributed by atoms with E-state index in [1.165, 1.54) is 10.6 Å². The molecule has 2 heterocycles. The fraction of sp³-hybridized carbons (Fsp3) is 0.125. The third-order valence-electron chi connectivity index (χ3n) is 3.45. The average Bonchev–Trinajstić information content (AvgIpc) is 2.86. The van der Waals surface area contributed by atoms with Crippen LogP contribution in [0.4, 0.5) is 13.2 Å². The highest BCUT2D eigenvalue weighted by molar-refractivity contribution is 5.93. The minimum atomic E-state index is -4.57. The highest BCUT2D eigenvalue weighted by atomic mass is 19.4. The molecule has 4 nitrogen and oxygen atoms in total. The maximum atomic E-state index is 12.7. The molecule has 0 atom stereocenters. The van der Waals surface area contributed by atoms with Gasteiger partial charge in [0.15, 0.2) is 0 Å². The predicted octanol–water partition coefficient (Wildman–Crippen LogP) is 3.80. The van der Waals surface area contributed by atoms with Crippen LogP contribution in [-0.4, -0.2) is 20.6 Å². The molecule has 3 rings (SSSR count). The first-order valence-electron chi connectivity index (χ1n) is 6.71. The van der Waals surface area contributed by atoms with E-state index in [-0.39, 0.29) is 17.8 Å². The van der Waals surface area contributed by atoms with E-state index in [0.717, 1.165) is 17.7 Å². The molecule has 0 aliphatic rings. The molecule has 0 spiro atoms. The third kappa shape index (κ3) is 2.90. The van der Waals surface area contributed by atoms with Crippen LogP contribution in [0.1, 0.15) is 21.7 Å². The van der Waals surface area contributed by atoms with Crippen molar-refractivity contribution in [2.45, 2.75) is 12.7 Å². The van der Waals surface area contributed by atoms with E-state index in [4.69, 9.17) is 0 Å². The van der Waals surface area contributed by atoms with Crippen molar-refractivity contribution in [1.29, 1.82) is 0 Å². The Balaban J connectivity index is 2.15. The summed E-state index contributed by atoms with van der Waals surface area (Å²) in [7, 11) is 0. The minimum absolute atomic E-state index is 0.00755. The summed E-state index contributed by atoms with van der Waals surface area (Å²) in [6.07, 6.45) is -4.57. The molecule has 1 aromatic carbocycles. The zero-order valence-electron chi connectivity index (χ0n) is 11.7. The number of pyridine rings is 1. The van der Waals surface area contributed by atoms with Gasteiger partial charge in [0.05, 0.1) is 11.0 Å². The van der Waals surface area contributed by atoms with E-state index >= 15 is 0 Å². The number of nitrogens with zero attached hydrogens (tertiary/aromatic N) is 2. The molecule has 1 N–H and O–H groups in total. The van der Waals surface area contributed by atoms with Crippen molar-refractivity contribution in [2.75, 3.05) is 0 Å². The molecular weight excluding hydrogens is 309 g/mol. The molecule has 0 fully saturated rings. The summed E-state index contributed by atoms with van der Waals surface area (Å²) in [6, 6.07) is 12.3. The van der Waals surface area contributed by atoms with Crippen molar-refractivity contribution in [3.63, 3.8) is 0 Å². The van der Waals surface area contributed by atoms with Crippen LogP contribution in [0.25, 0.3) is 11.0 Å². The zero-order chi connectivity index (χ0) is 16.6. The quantitative estimate of drug-likeness (QED) is 0.798. The van der Waals surface area contributed by atoms with E-state index < -0.39 is 17.8 Å². The first-order valence-corrected chi connectivity index (χ1v) is 6.71. The van der Waals surface area contributed by atoms with Crippen LogP contribution in [0.15, 0.2) is 48.5 Å². The Morgan fingerprint density at radius 3 is 2.43 bits per heavy atom. The number of aromatic carboxylic acids is 1. The lowest BCUT2D eigenvalue weighted by atomic mass is 10.2. The molecule has 3 aromatic rings. The highest BCUT2D eigenvalue weighted by Gasteiger charge is 2.33. The number of hydrogen-bond acceptors (Lipinski definition) is 2. The van der Waals surface area contributed by atoms with Crippen LogP contribution in [0.3, 0.4) is 0 Å². The Hall–Kier alpha value is -2.83. The van der Waals surface area contributed by atoms with Gasteiger partial charge in [-0.3, -0.25) is 0 Å². The topological polar surface area (TPSA) is 55.1 Å². The predicted molar refractivity (Wildman–Crippen MR) is 77.2 cm³/mol. The summed E-state index contributed by atoms with van der Waals surface area (Å²) >= 11 is 0. The first kappa shape index (κ1) is 15.1. The van der Waals surface area contributed by atoms with E-state index in [1.54, 1.807) is 0 Å². The average molecular weight is 320 g/mol.